The molecular formula is C19H21N3O2. The van der Waals surface area contributed by atoms with E-state index in [0.717, 1.165) is 16.9 Å². The Kier molecular flexibility index (Phi) is 4.62. The first-order chi connectivity index (χ1) is 11.6. The van der Waals surface area contributed by atoms with Crippen LogP contribution in [0.1, 0.15) is 29.8 Å². The van der Waals surface area contributed by atoms with E-state index in [9.17, 15) is 0 Å². The molecular weight excluding hydrogens is 302 g/mol. The minimum Gasteiger partial charge on any atom is -0.497 e. The molecule has 0 spiro atoms. The van der Waals surface area contributed by atoms with E-state index in [1.165, 1.54) is 0 Å². The maximum Gasteiger partial charge on any atom is 0.236 e. The highest BCUT2D eigenvalue weighted by atomic mass is 16.5. The van der Waals surface area contributed by atoms with Gasteiger partial charge in [0, 0.05) is 0 Å². The molecule has 0 radical (unpaired) electrons. The molecule has 0 aliphatic heterocycles. The minimum atomic E-state index is -0.702. The number of hydrogen-bond donors (Lipinski definition) is 1. The molecule has 0 saturated heterocycles. The highest BCUT2D eigenvalue weighted by Crippen LogP contribution is 2.22. The van der Waals surface area contributed by atoms with Crippen LogP contribution in [-0.2, 0) is 18.4 Å². The lowest BCUT2D eigenvalue weighted by Crippen LogP contribution is -2.35. The molecule has 5 heteroatoms. The molecule has 1 aromatic heterocycles. The van der Waals surface area contributed by atoms with Crippen molar-refractivity contribution in [3.05, 3.63) is 77.5 Å². The van der Waals surface area contributed by atoms with Crippen molar-refractivity contribution in [2.24, 2.45) is 5.73 Å². The summed E-state index contributed by atoms with van der Waals surface area (Å²) < 4.78 is 11.0. The van der Waals surface area contributed by atoms with E-state index in [4.69, 9.17) is 14.9 Å². The maximum absolute atomic E-state index is 6.40. The van der Waals surface area contributed by atoms with Crippen LogP contribution in [0.2, 0.25) is 0 Å². The molecule has 0 amide bonds. The van der Waals surface area contributed by atoms with E-state index in [2.05, 4.69) is 10.2 Å². The Morgan fingerprint density at radius 3 is 2.38 bits per heavy atom. The van der Waals surface area contributed by atoms with Crippen LogP contribution in [0.25, 0.3) is 0 Å². The van der Waals surface area contributed by atoms with Crippen molar-refractivity contribution in [3.8, 4) is 5.75 Å². The van der Waals surface area contributed by atoms with Gasteiger partial charge in [-0.15, -0.1) is 10.2 Å². The maximum atomic E-state index is 6.40. The minimum absolute atomic E-state index is 0.454. The molecule has 2 aromatic carbocycles. The van der Waals surface area contributed by atoms with Crippen LogP contribution in [0, 0.1) is 0 Å². The molecule has 0 saturated carbocycles. The van der Waals surface area contributed by atoms with Crippen molar-refractivity contribution in [2.45, 2.75) is 25.3 Å². The van der Waals surface area contributed by atoms with Crippen molar-refractivity contribution in [3.63, 3.8) is 0 Å². The molecule has 0 aliphatic carbocycles. The van der Waals surface area contributed by atoms with Gasteiger partial charge >= 0.3 is 0 Å². The molecule has 0 bridgehead atoms. The van der Waals surface area contributed by atoms with Gasteiger partial charge in [-0.05, 0) is 36.6 Å². The highest BCUT2D eigenvalue weighted by Gasteiger charge is 2.28. The molecule has 24 heavy (non-hydrogen) atoms. The quantitative estimate of drug-likeness (QED) is 0.754. The molecule has 0 aliphatic rings. The number of aromatic nitrogens is 2. The van der Waals surface area contributed by atoms with Crippen molar-refractivity contribution in [1.82, 2.24) is 10.2 Å². The molecule has 0 fully saturated rings. The predicted molar refractivity (Wildman–Crippen MR) is 91.8 cm³/mol. The average molecular weight is 323 g/mol. The second kappa shape index (κ2) is 6.84. The molecule has 1 heterocycles. The van der Waals surface area contributed by atoms with Crippen molar-refractivity contribution in [1.29, 1.82) is 0 Å². The Hall–Kier alpha value is -2.66. The van der Waals surface area contributed by atoms with E-state index < -0.39 is 5.54 Å². The Bertz CT molecular complexity index is 780. The van der Waals surface area contributed by atoms with Crippen molar-refractivity contribution < 1.29 is 9.15 Å². The third-order valence-electron chi connectivity index (χ3n) is 3.88. The Morgan fingerprint density at radius 1 is 1.00 bits per heavy atom. The first kappa shape index (κ1) is 16.2. The largest absolute Gasteiger partial charge is 0.497 e. The van der Waals surface area contributed by atoms with E-state index in [0.29, 0.717) is 24.6 Å². The summed E-state index contributed by atoms with van der Waals surface area (Å²) in [7, 11) is 1.65. The van der Waals surface area contributed by atoms with Gasteiger partial charge in [0.05, 0.1) is 19.1 Å². The second-order valence-corrected chi connectivity index (χ2v) is 6.11. The lowest BCUT2D eigenvalue weighted by molar-refractivity contribution is 0.339. The molecule has 3 aromatic rings. The molecule has 3 rings (SSSR count). The Morgan fingerprint density at radius 2 is 1.71 bits per heavy atom. The zero-order chi connectivity index (χ0) is 17.0. The zero-order valence-corrected chi connectivity index (χ0v) is 13.9. The van der Waals surface area contributed by atoms with Crippen LogP contribution in [0.5, 0.6) is 5.75 Å². The van der Waals surface area contributed by atoms with Gasteiger partial charge in [0.25, 0.3) is 0 Å². The summed E-state index contributed by atoms with van der Waals surface area (Å²) in [6, 6.07) is 17.8. The number of benzene rings is 2. The second-order valence-electron chi connectivity index (χ2n) is 6.11. The number of ether oxygens (including phenoxy) is 1. The third-order valence-corrected chi connectivity index (χ3v) is 3.88. The predicted octanol–water partition coefficient (Wildman–Crippen LogP) is 3.09. The Balaban J connectivity index is 1.71. The van der Waals surface area contributed by atoms with Gasteiger partial charge in [-0.25, -0.2) is 0 Å². The van der Waals surface area contributed by atoms with Crippen molar-refractivity contribution in [2.75, 3.05) is 7.11 Å². The monoisotopic (exact) mass is 323 g/mol. The van der Waals surface area contributed by atoms with Gasteiger partial charge in [-0.3, -0.25) is 0 Å². The van der Waals surface area contributed by atoms with Gasteiger partial charge in [0.15, 0.2) is 0 Å². The first-order valence-electron chi connectivity index (χ1n) is 7.85. The molecule has 2 N–H and O–H groups in total. The number of hydrogen-bond acceptors (Lipinski definition) is 5. The SMILES string of the molecule is COc1ccc(Cc2nnc([C@@](C)(N)Cc3ccccc3)o2)cc1. The topological polar surface area (TPSA) is 74.2 Å². The zero-order valence-electron chi connectivity index (χ0n) is 13.9. The van der Waals surface area contributed by atoms with Crippen LogP contribution in [0.4, 0.5) is 0 Å². The number of rotatable bonds is 6. The van der Waals surface area contributed by atoms with Crippen LogP contribution in [0.3, 0.4) is 0 Å². The van der Waals surface area contributed by atoms with Gasteiger partial charge in [-0.1, -0.05) is 42.5 Å². The van der Waals surface area contributed by atoms with Crippen LogP contribution in [0.15, 0.2) is 59.0 Å². The number of methoxy groups -OCH3 is 1. The third kappa shape index (κ3) is 3.81. The summed E-state index contributed by atoms with van der Waals surface area (Å²) in [6.45, 7) is 1.91. The number of nitrogens with two attached hydrogens (primary N) is 1. The van der Waals surface area contributed by atoms with Crippen molar-refractivity contribution >= 4 is 0 Å². The summed E-state index contributed by atoms with van der Waals surface area (Å²) >= 11 is 0. The van der Waals surface area contributed by atoms with Crippen LogP contribution in [-0.4, -0.2) is 17.3 Å². The van der Waals surface area contributed by atoms with Crippen LogP contribution >= 0.6 is 0 Å². The fourth-order valence-corrected chi connectivity index (χ4v) is 2.57. The fraction of sp³-hybridized carbons (Fsp3) is 0.263. The van der Waals surface area contributed by atoms with Gasteiger partial charge < -0.3 is 14.9 Å². The summed E-state index contributed by atoms with van der Waals surface area (Å²) in [5, 5.41) is 8.28. The first-order valence-corrected chi connectivity index (χ1v) is 7.85. The smallest absolute Gasteiger partial charge is 0.236 e. The summed E-state index contributed by atoms with van der Waals surface area (Å²) in [4.78, 5) is 0. The summed E-state index contributed by atoms with van der Waals surface area (Å²) in [5.41, 5.74) is 7.91. The summed E-state index contributed by atoms with van der Waals surface area (Å²) in [6.07, 6.45) is 1.20. The van der Waals surface area contributed by atoms with E-state index in [1.54, 1.807) is 7.11 Å². The molecule has 5 nitrogen and oxygen atoms in total. The van der Waals surface area contributed by atoms with E-state index in [1.807, 2.05) is 61.5 Å². The lowest BCUT2D eigenvalue weighted by atomic mass is 9.94. The van der Waals surface area contributed by atoms with Gasteiger partial charge in [0.2, 0.25) is 11.8 Å². The fourth-order valence-electron chi connectivity index (χ4n) is 2.57. The molecule has 124 valence electrons. The highest BCUT2D eigenvalue weighted by molar-refractivity contribution is 5.28. The lowest BCUT2D eigenvalue weighted by Gasteiger charge is -2.20. The van der Waals surface area contributed by atoms with Gasteiger partial charge in [-0.2, -0.15) is 0 Å². The van der Waals surface area contributed by atoms with E-state index >= 15 is 0 Å². The normalized spacial score (nSPS) is 13.5. The molecule has 1 atom stereocenters. The standard InChI is InChI=1S/C19H21N3O2/c1-19(20,13-15-6-4-3-5-7-15)18-22-21-17(24-18)12-14-8-10-16(23-2)11-9-14/h3-11H,12-13,20H2,1-2H3/t19-/m0/s1. The molecule has 0 unspecified atom stereocenters. The number of nitrogens with zero attached hydrogens (tertiary/aromatic N) is 2. The van der Waals surface area contributed by atoms with E-state index in [-0.39, 0.29) is 0 Å². The summed E-state index contributed by atoms with van der Waals surface area (Å²) in [5.74, 6) is 1.83. The van der Waals surface area contributed by atoms with Crippen LogP contribution < -0.4 is 10.5 Å². The Labute approximate surface area is 141 Å². The van der Waals surface area contributed by atoms with Gasteiger partial charge in [0.1, 0.15) is 5.75 Å². The average Bonchev–Trinajstić information content (AvgIpc) is 3.06.